The minimum absolute atomic E-state index is 0.0329. The van der Waals surface area contributed by atoms with Gasteiger partial charge in [0.25, 0.3) is 5.91 Å². The molecule has 0 bridgehead atoms. The molecule has 13 heavy (non-hydrogen) atoms. The molecule has 5 heteroatoms. The lowest BCUT2D eigenvalue weighted by atomic mass is 10.1. The van der Waals surface area contributed by atoms with Crippen LogP contribution in [0, 0.1) is 5.82 Å². The van der Waals surface area contributed by atoms with E-state index in [1.807, 2.05) is 0 Å². The summed E-state index contributed by atoms with van der Waals surface area (Å²) in [6, 6.07) is 2.80. The number of carbonyl (C=O) groups excluding carboxylic acids is 1. The Morgan fingerprint density at radius 2 is 2.31 bits per heavy atom. The minimum Gasteiger partial charge on any atom is -0.472 e. The molecule has 3 nitrogen and oxygen atoms in total. The van der Waals surface area contributed by atoms with Gasteiger partial charge < -0.3 is 10.1 Å². The van der Waals surface area contributed by atoms with Crippen LogP contribution < -0.4 is 10.1 Å². The summed E-state index contributed by atoms with van der Waals surface area (Å²) in [7, 11) is 0. The molecule has 0 atom stereocenters. The molecule has 1 amide bonds. The van der Waals surface area contributed by atoms with Gasteiger partial charge in [0.05, 0.1) is 0 Å². The van der Waals surface area contributed by atoms with E-state index in [1.54, 1.807) is 6.07 Å². The fourth-order valence-electron chi connectivity index (χ4n) is 1.15. The molecule has 0 fully saturated rings. The molecule has 0 radical (unpaired) electrons. The summed E-state index contributed by atoms with van der Waals surface area (Å²) in [6.45, 7) is 0.0850. The molecule has 1 aliphatic rings. The van der Waals surface area contributed by atoms with Crippen molar-refractivity contribution in [3.63, 3.8) is 0 Å². The number of halogens is 2. The van der Waals surface area contributed by atoms with Crippen LogP contribution in [0.2, 0.25) is 0 Å². The van der Waals surface area contributed by atoms with Crippen LogP contribution in [0.4, 0.5) is 4.39 Å². The Balaban J connectivity index is 2.63. The highest BCUT2D eigenvalue weighted by atomic mass is 79.9. The zero-order valence-corrected chi connectivity index (χ0v) is 8.02. The van der Waals surface area contributed by atoms with Crippen LogP contribution >= 0.6 is 15.9 Å². The van der Waals surface area contributed by atoms with Gasteiger partial charge in [-0.1, -0.05) is 15.9 Å². The first kappa shape index (κ1) is 8.50. The monoisotopic (exact) mass is 245 g/mol. The van der Waals surface area contributed by atoms with Crippen molar-refractivity contribution >= 4 is 21.8 Å². The van der Waals surface area contributed by atoms with Gasteiger partial charge in [-0.05, 0) is 12.1 Å². The van der Waals surface area contributed by atoms with Crippen LogP contribution in [0.3, 0.4) is 0 Å². The number of carbonyl (C=O) groups is 1. The maximum absolute atomic E-state index is 13.2. The van der Waals surface area contributed by atoms with E-state index >= 15 is 0 Å². The van der Waals surface area contributed by atoms with Crippen molar-refractivity contribution in [1.29, 1.82) is 0 Å². The van der Waals surface area contributed by atoms with Gasteiger partial charge in [0, 0.05) is 4.47 Å². The average Bonchev–Trinajstić information content (AvgIpc) is 2.02. The van der Waals surface area contributed by atoms with Gasteiger partial charge in [0.1, 0.15) is 17.1 Å². The maximum Gasteiger partial charge on any atom is 0.260 e. The molecule has 68 valence electrons. The number of nitrogens with one attached hydrogen (secondary N) is 1. The molecule has 0 saturated carbocycles. The summed E-state index contributed by atoms with van der Waals surface area (Å²) in [6.07, 6.45) is 0. The van der Waals surface area contributed by atoms with Crippen LogP contribution in [0.5, 0.6) is 5.75 Å². The normalized spacial score (nSPS) is 14.5. The van der Waals surface area contributed by atoms with Crippen molar-refractivity contribution in [3.05, 3.63) is 28.0 Å². The Morgan fingerprint density at radius 1 is 1.54 bits per heavy atom. The molecule has 1 aliphatic heterocycles. The number of hydrogen-bond donors (Lipinski definition) is 1. The number of hydrogen-bond acceptors (Lipinski definition) is 2. The summed E-state index contributed by atoms with van der Waals surface area (Å²) >= 11 is 3.11. The summed E-state index contributed by atoms with van der Waals surface area (Å²) < 4.78 is 18.8. The highest BCUT2D eigenvalue weighted by Gasteiger charge is 2.22. The van der Waals surface area contributed by atoms with E-state index in [0.29, 0.717) is 4.47 Å². The molecule has 1 heterocycles. The predicted molar refractivity (Wildman–Crippen MR) is 47.1 cm³/mol. The Hall–Kier alpha value is -1.10. The molecular weight excluding hydrogens is 241 g/mol. The van der Waals surface area contributed by atoms with E-state index in [1.165, 1.54) is 6.07 Å². The molecule has 1 N–H and O–H groups in total. The summed E-state index contributed by atoms with van der Waals surface area (Å²) in [4.78, 5) is 11.2. The number of rotatable bonds is 0. The highest BCUT2D eigenvalue weighted by molar-refractivity contribution is 9.10. The first-order valence-corrected chi connectivity index (χ1v) is 4.38. The molecular formula is C8H5BrFNO2. The molecule has 0 saturated heterocycles. The van der Waals surface area contributed by atoms with Crippen molar-refractivity contribution in [2.75, 3.05) is 6.73 Å². The van der Waals surface area contributed by atoms with Crippen LogP contribution in [-0.2, 0) is 0 Å². The minimum atomic E-state index is -0.582. The number of benzene rings is 1. The van der Waals surface area contributed by atoms with E-state index < -0.39 is 11.7 Å². The van der Waals surface area contributed by atoms with Gasteiger partial charge in [-0.15, -0.1) is 0 Å². The Morgan fingerprint density at radius 3 is 3.08 bits per heavy atom. The predicted octanol–water partition coefficient (Wildman–Crippen LogP) is 1.67. The maximum atomic E-state index is 13.2. The van der Waals surface area contributed by atoms with Gasteiger partial charge in [0.2, 0.25) is 0 Å². The van der Waals surface area contributed by atoms with Gasteiger partial charge in [0.15, 0.2) is 6.73 Å². The SMILES string of the molecule is O=C1NCOc2cc(Br)cc(F)c21. The lowest BCUT2D eigenvalue weighted by Gasteiger charge is -2.18. The van der Waals surface area contributed by atoms with Gasteiger partial charge >= 0.3 is 0 Å². The van der Waals surface area contributed by atoms with Crippen molar-refractivity contribution in [1.82, 2.24) is 5.32 Å². The second-order valence-corrected chi connectivity index (χ2v) is 3.47. The summed E-state index contributed by atoms with van der Waals surface area (Å²) in [5.41, 5.74) is -0.0329. The van der Waals surface area contributed by atoms with Crippen molar-refractivity contribution in [2.45, 2.75) is 0 Å². The lowest BCUT2D eigenvalue weighted by molar-refractivity contribution is 0.0877. The fourth-order valence-corrected chi connectivity index (χ4v) is 1.56. The zero-order valence-electron chi connectivity index (χ0n) is 6.43. The van der Waals surface area contributed by atoms with Gasteiger partial charge in [-0.25, -0.2) is 4.39 Å². The summed E-state index contributed by atoms with van der Waals surface area (Å²) in [5, 5.41) is 2.38. The summed E-state index contributed by atoms with van der Waals surface area (Å²) in [5.74, 6) is -0.747. The Labute approximate surface area is 82.0 Å². The first-order chi connectivity index (χ1) is 6.18. The second kappa shape index (κ2) is 2.99. The number of ether oxygens (including phenoxy) is 1. The van der Waals surface area contributed by atoms with Gasteiger partial charge in [-0.2, -0.15) is 0 Å². The zero-order chi connectivity index (χ0) is 9.42. The number of fused-ring (bicyclic) bond motifs is 1. The molecule has 0 spiro atoms. The lowest BCUT2D eigenvalue weighted by Crippen LogP contribution is -2.33. The third-order valence-corrected chi connectivity index (χ3v) is 2.16. The van der Waals surface area contributed by atoms with E-state index in [9.17, 15) is 9.18 Å². The number of amides is 1. The van der Waals surface area contributed by atoms with Crippen LogP contribution in [-0.4, -0.2) is 12.6 Å². The molecule has 0 aliphatic carbocycles. The van der Waals surface area contributed by atoms with Crippen LogP contribution in [0.25, 0.3) is 0 Å². The van der Waals surface area contributed by atoms with Crippen molar-refractivity contribution in [3.8, 4) is 5.75 Å². The van der Waals surface area contributed by atoms with E-state index in [4.69, 9.17) is 4.74 Å². The smallest absolute Gasteiger partial charge is 0.260 e. The molecule has 1 aromatic rings. The highest BCUT2D eigenvalue weighted by Crippen LogP contribution is 2.28. The topological polar surface area (TPSA) is 38.3 Å². The third-order valence-electron chi connectivity index (χ3n) is 1.71. The Kier molecular flexibility index (Phi) is 1.95. The largest absolute Gasteiger partial charge is 0.472 e. The van der Waals surface area contributed by atoms with Crippen molar-refractivity contribution in [2.24, 2.45) is 0 Å². The van der Waals surface area contributed by atoms with Crippen molar-refractivity contribution < 1.29 is 13.9 Å². The molecule has 1 aromatic carbocycles. The van der Waals surface area contributed by atoms with Crippen LogP contribution in [0.1, 0.15) is 10.4 Å². The standard InChI is InChI=1S/C8H5BrFNO2/c9-4-1-5(10)7-6(2-4)13-3-11-8(7)12/h1-2H,3H2,(H,11,12). The van der Waals surface area contributed by atoms with Gasteiger partial charge in [-0.3, -0.25) is 4.79 Å². The van der Waals surface area contributed by atoms with E-state index in [-0.39, 0.29) is 18.0 Å². The average molecular weight is 246 g/mol. The second-order valence-electron chi connectivity index (χ2n) is 2.56. The first-order valence-electron chi connectivity index (χ1n) is 3.58. The third kappa shape index (κ3) is 1.39. The molecule has 2 rings (SSSR count). The van der Waals surface area contributed by atoms with E-state index in [0.717, 1.165) is 0 Å². The molecule has 0 aromatic heterocycles. The fraction of sp³-hybridized carbons (Fsp3) is 0.125. The van der Waals surface area contributed by atoms with E-state index in [2.05, 4.69) is 21.2 Å². The molecule has 0 unspecified atom stereocenters. The quantitative estimate of drug-likeness (QED) is 0.756. The Bertz CT molecular complexity index is 381. The van der Waals surface area contributed by atoms with Crippen LogP contribution in [0.15, 0.2) is 16.6 Å².